The minimum Gasteiger partial charge on any atom is -0.481 e. The van der Waals surface area contributed by atoms with Crippen LogP contribution in [0.1, 0.15) is 65.2 Å². The highest BCUT2D eigenvalue weighted by molar-refractivity contribution is 5.79. The monoisotopic (exact) mass is 349 g/mol. The molecule has 0 saturated carbocycles. The number of carboxylic acids is 1. The number of carbonyl (C=O) groups excluding carboxylic acids is 1. The molecule has 3 atom stereocenters. The Morgan fingerprint density at radius 1 is 1.36 bits per heavy atom. The Morgan fingerprint density at radius 3 is 2.76 bits per heavy atom. The van der Waals surface area contributed by atoms with Crippen molar-refractivity contribution in [2.75, 3.05) is 6.54 Å². The third-order valence-electron chi connectivity index (χ3n) is 4.63. The average molecular weight is 349 g/mol. The standard InChI is InChI=1S/C20H31NO4/c1-3-4-9-16(2)18(22)13-11-17-12-14-19(23)21(17)15-8-6-5-7-10-20(24)25/h11,13,16-18,22H,5-10,12,14-15H2,1-2H3,(H,24,25)/t16-,17?,18-/m1/s1. The molecule has 1 unspecified atom stereocenters. The molecule has 25 heavy (non-hydrogen) atoms. The van der Waals surface area contributed by atoms with Crippen LogP contribution in [-0.4, -0.2) is 45.7 Å². The molecule has 0 radical (unpaired) electrons. The fourth-order valence-electron chi connectivity index (χ4n) is 2.97. The van der Waals surface area contributed by atoms with Crippen LogP contribution in [0, 0.1) is 17.8 Å². The van der Waals surface area contributed by atoms with E-state index in [0.29, 0.717) is 25.8 Å². The molecule has 0 spiro atoms. The van der Waals surface area contributed by atoms with Gasteiger partial charge in [-0.2, -0.15) is 0 Å². The largest absolute Gasteiger partial charge is 0.481 e. The van der Waals surface area contributed by atoms with Crippen molar-refractivity contribution >= 4 is 11.9 Å². The molecule has 0 aromatic heterocycles. The summed E-state index contributed by atoms with van der Waals surface area (Å²) in [6.45, 7) is 4.46. The Labute approximate surface area is 151 Å². The number of carbonyl (C=O) groups is 2. The van der Waals surface area contributed by atoms with Gasteiger partial charge < -0.3 is 15.1 Å². The Morgan fingerprint density at radius 2 is 2.08 bits per heavy atom. The maximum absolute atomic E-state index is 12.0. The minimum atomic E-state index is -0.752. The van der Waals surface area contributed by atoms with Crippen molar-refractivity contribution in [3.05, 3.63) is 12.2 Å². The van der Waals surface area contributed by atoms with Gasteiger partial charge in [0.25, 0.3) is 0 Å². The van der Waals surface area contributed by atoms with Crippen LogP contribution in [0.3, 0.4) is 0 Å². The summed E-state index contributed by atoms with van der Waals surface area (Å²) < 4.78 is 0. The lowest BCUT2D eigenvalue weighted by atomic mass is 10.00. The number of aliphatic hydroxyl groups is 1. The lowest BCUT2D eigenvalue weighted by molar-refractivity contribution is -0.137. The number of aliphatic hydroxyl groups excluding tert-OH is 1. The highest BCUT2D eigenvalue weighted by Gasteiger charge is 2.28. The van der Waals surface area contributed by atoms with Crippen LogP contribution in [0.15, 0.2) is 12.2 Å². The van der Waals surface area contributed by atoms with Crippen molar-refractivity contribution in [1.82, 2.24) is 4.90 Å². The first-order valence-electron chi connectivity index (χ1n) is 9.23. The topological polar surface area (TPSA) is 77.8 Å². The van der Waals surface area contributed by atoms with Crippen LogP contribution in [0.25, 0.3) is 0 Å². The second-order valence-electron chi connectivity index (χ2n) is 6.73. The van der Waals surface area contributed by atoms with Gasteiger partial charge in [0.15, 0.2) is 0 Å². The third kappa shape index (κ3) is 8.22. The van der Waals surface area contributed by atoms with Crippen LogP contribution < -0.4 is 0 Å². The molecule has 1 fully saturated rings. The molecule has 1 aliphatic rings. The van der Waals surface area contributed by atoms with Gasteiger partial charge in [0.1, 0.15) is 0 Å². The molecule has 2 N–H and O–H groups in total. The predicted octanol–water partition coefficient (Wildman–Crippen LogP) is 2.98. The van der Waals surface area contributed by atoms with Gasteiger partial charge in [0.2, 0.25) is 5.91 Å². The van der Waals surface area contributed by atoms with E-state index in [1.807, 2.05) is 17.9 Å². The van der Waals surface area contributed by atoms with Crippen LogP contribution in [0.5, 0.6) is 0 Å². The second kappa shape index (κ2) is 11.7. The SMILES string of the molecule is CC#CC[C@@H](C)[C@H](O)C=CC1CCC(=O)N1CCCCCCC(=O)O. The first-order chi connectivity index (χ1) is 12.0. The van der Waals surface area contributed by atoms with Gasteiger partial charge in [0.05, 0.1) is 12.1 Å². The van der Waals surface area contributed by atoms with Gasteiger partial charge in [-0.1, -0.05) is 31.9 Å². The molecule has 140 valence electrons. The fraction of sp³-hybridized carbons (Fsp3) is 0.700. The van der Waals surface area contributed by atoms with Gasteiger partial charge >= 0.3 is 5.97 Å². The quantitative estimate of drug-likeness (QED) is 0.341. The molecule has 1 aliphatic heterocycles. The van der Waals surface area contributed by atoms with E-state index < -0.39 is 12.1 Å². The average Bonchev–Trinajstić information content (AvgIpc) is 2.93. The normalized spacial score (nSPS) is 19.7. The van der Waals surface area contributed by atoms with Crippen LogP contribution in [0.2, 0.25) is 0 Å². The van der Waals surface area contributed by atoms with Gasteiger partial charge in [-0.05, 0) is 32.1 Å². The number of unbranched alkanes of at least 4 members (excludes halogenated alkanes) is 3. The molecular weight excluding hydrogens is 318 g/mol. The fourth-order valence-corrected chi connectivity index (χ4v) is 2.97. The van der Waals surface area contributed by atoms with E-state index in [1.54, 1.807) is 13.0 Å². The second-order valence-corrected chi connectivity index (χ2v) is 6.73. The Balaban J connectivity index is 2.39. The molecular formula is C20H31NO4. The number of aliphatic carboxylic acids is 1. The van der Waals surface area contributed by atoms with E-state index in [9.17, 15) is 14.7 Å². The van der Waals surface area contributed by atoms with Crippen molar-refractivity contribution in [2.24, 2.45) is 5.92 Å². The number of nitrogens with zero attached hydrogens (tertiary/aromatic N) is 1. The van der Waals surface area contributed by atoms with Gasteiger partial charge in [0, 0.05) is 25.8 Å². The first-order valence-corrected chi connectivity index (χ1v) is 9.23. The molecule has 1 saturated heterocycles. The summed E-state index contributed by atoms with van der Waals surface area (Å²) in [5, 5.41) is 18.8. The number of carboxylic acid groups (broad SMARTS) is 1. The lowest BCUT2D eigenvalue weighted by Crippen LogP contribution is -2.33. The van der Waals surface area contributed by atoms with Crippen LogP contribution >= 0.6 is 0 Å². The zero-order valence-corrected chi connectivity index (χ0v) is 15.4. The number of amides is 1. The Kier molecular flexibility index (Phi) is 9.94. The predicted molar refractivity (Wildman–Crippen MR) is 97.8 cm³/mol. The Bertz CT molecular complexity index is 518. The maximum Gasteiger partial charge on any atom is 0.303 e. The smallest absolute Gasteiger partial charge is 0.303 e. The van der Waals surface area contributed by atoms with E-state index in [4.69, 9.17) is 5.11 Å². The summed E-state index contributed by atoms with van der Waals surface area (Å²) in [6, 6.07) is 0.0608. The van der Waals surface area contributed by atoms with E-state index >= 15 is 0 Å². The number of likely N-dealkylation sites (tertiary alicyclic amines) is 1. The minimum absolute atomic E-state index is 0.0608. The molecule has 1 heterocycles. The van der Waals surface area contributed by atoms with Gasteiger partial charge in [-0.15, -0.1) is 11.8 Å². The van der Waals surface area contributed by atoms with Crippen LogP contribution in [0.4, 0.5) is 0 Å². The highest BCUT2D eigenvalue weighted by Crippen LogP contribution is 2.21. The maximum atomic E-state index is 12.0. The molecule has 1 amide bonds. The van der Waals surface area contributed by atoms with E-state index in [2.05, 4.69) is 11.8 Å². The summed E-state index contributed by atoms with van der Waals surface area (Å²) in [7, 11) is 0. The Hall–Kier alpha value is -1.80. The van der Waals surface area contributed by atoms with Gasteiger partial charge in [-0.25, -0.2) is 0 Å². The van der Waals surface area contributed by atoms with E-state index in [0.717, 1.165) is 25.7 Å². The number of hydrogen-bond donors (Lipinski definition) is 2. The summed E-state index contributed by atoms with van der Waals surface area (Å²) >= 11 is 0. The molecule has 0 aromatic carbocycles. The molecule has 0 aromatic rings. The highest BCUT2D eigenvalue weighted by atomic mass is 16.4. The number of hydrogen-bond acceptors (Lipinski definition) is 3. The zero-order valence-electron chi connectivity index (χ0n) is 15.4. The summed E-state index contributed by atoms with van der Waals surface area (Å²) in [5.74, 6) is 5.30. The summed E-state index contributed by atoms with van der Waals surface area (Å²) in [6.07, 6.45) is 8.82. The van der Waals surface area contributed by atoms with Crippen molar-refractivity contribution in [3.63, 3.8) is 0 Å². The number of rotatable bonds is 11. The zero-order chi connectivity index (χ0) is 18.7. The molecule has 1 rings (SSSR count). The van der Waals surface area contributed by atoms with Crippen LogP contribution in [-0.2, 0) is 9.59 Å². The van der Waals surface area contributed by atoms with E-state index in [-0.39, 0.29) is 24.3 Å². The first kappa shape index (κ1) is 21.2. The van der Waals surface area contributed by atoms with Crippen molar-refractivity contribution < 1.29 is 19.8 Å². The van der Waals surface area contributed by atoms with Crippen molar-refractivity contribution in [1.29, 1.82) is 0 Å². The van der Waals surface area contributed by atoms with Crippen molar-refractivity contribution in [3.8, 4) is 11.8 Å². The summed E-state index contributed by atoms with van der Waals surface area (Å²) in [4.78, 5) is 24.4. The summed E-state index contributed by atoms with van der Waals surface area (Å²) in [5.41, 5.74) is 0. The lowest BCUT2D eigenvalue weighted by Gasteiger charge is -2.23. The van der Waals surface area contributed by atoms with Crippen molar-refractivity contribution in [2.45, 2.75) is 77.4 Å². The molecule has 0 aliphatic carbocycles. The molecule has 5 nitrogen and oxygen atoms in total. The van der Waals surface area contributed by atoms with E-state index in [1.165, 1.54) is 0 Å². The van der Waals surface area contributed by atoms with Gasteiger partial charge in [-0.3, -0.25) is 9.59 Å². The molecule has 0 bridgehead atoms. The molecule has 5 heteroatoms. The third-order valence-corrected chi connectivity index (χ3v) is 4.63.